The summed E-state index contributed by atoms with van der Waals surface area (Å²) in [6.07, 6.45) is 8.73. The van der Waals surface area contributed by atoms with E-state index in [1.165, 1.54) is 11.1 Å². The van der Waals surface area contributed by atoms with Crippen LogP contribution < -0.4 is 19.3 Å². The molecule has 276 valence electrons. The van der Waals surface area contributed by atoms with Crippen molar-refractivity contribution in [1.82, 2.24) is 4.72 Å². The van der Waals surface area contributed by atoms with E-state index in [0.717, 1.165) is 48.5 Å². The van der Waals surface area contributed by atoms with Crippen LogP contribution in [0.25, 0.3) is 0 Å². The van der Waals surface area contributed by atoms with Gasteiger partial charge in [-0.3, -0.25) is 14.3 Å². The third-order valence-corrected chi connectivity index (χ3v) is 14.8. The van der Waals surface area contributed by atoms with Gasteiger partial charge in [0, 0.05) is 47.1 Å². The van der Waals surface area contributed by atoms with Crippen molar-refractivity contribution < 1.29 is 23.6 Å². The number of aliphatic hydroxyl groups is 1. The van der Waals surface area contributed by atoms with E-state index in [1.54, 1.807) is 18.0 Å². The van der Waals surface area contributed by atoms with E-state index < -0.39 is 26.5 Å². The number of aryl methyl sites for hydroxylation is 1. The van der Waals surface area contributed by atoms with Crippen LogP contribution in [0.5, 0.6) is 5.75 Å². The van der Waals surface area contributed by atoms with Crippen molar-refractivity contribution in [2.75, 3.05) is 36.5 Å². The standard InChI is InChI=1S/C42H50ClN3O5S/c1-28-10-8-21-42(49,24-39(47)45(3)34-12-6-5-7-13-34)36-17-14-32(36)25-46-26-41(20-9-11-30-22-33(43)16-18-35(30)41)27-51-38-19-15-31(23-37(38)46)40(48)44-52(4,50)29(28)2/h5-8,12-13,15-16,18-19,21-23,28-29,32,36,49H,4,9-11,14,17,20,24-27H2,1-3H3,(H,44,48,50)/b21-8+/t28-,29+,32-,36+,41-,42-,52?/m0/s1. The van der Waals surface area contributed by atoms with Gasteiger partial charge in [-0.15, -0.1) is 0 Å². The predicted octanol–water partition coefficient (Wildman–Crippen LogP) is 6.97. The van der Waals surface area contributed by atoms with Crippen molar-refractivity contribution in [3.63, 3.8) is 0 Å². The Hall–Kier alpha value is -3.79. The number of hydrogen-bond acceptors (Lipinski definition) is 6. The van der Waals surface area contributed by atoms with E-state index in [4.69, 9.17) is 16.3 Å². The number of carbonyl (C=O) groups is 2. The highest BCUT2D eigenvalue weighted by atomic mass is 35.5. The van der Waals surface area contributed by atoms with Crippen LogP contribution in [-0.2, 0) is 26.3 Å². The molecule has 10 heteroatoms. The lowest BCUT2D eigenvalue weighted by molar-refractivity contribution is -0.126. The second-order valence-electron chi connectivity index (χ2n) is 15.7. The molecule has 2 bridgehead atoms. The lowest BCUT2D eigenvalue weighted by Gasteiger charge is -2.49. The summed E-state index contributed by atoms with van der Waals surface area (Å²) in [4.78, 5) is 31.6. The average molecular weight is 744 g/mol. The van der Waals surface area contributed by atoms with Crippen molar-refractivity contribution >= 4 is 50.4 Å². The molecular formula is C42H50ClN3O5S. The second kappa shape index (κ2) is 14.2. The van der Waals surface area contributed by atoms with Gasteiger partial charge in [0.05, 0.1) is 34.0 Å². The zero-order chi connectivity index (χ0) is 36.8. The molecule has 8 nitrogen and oxygen atoms in total. The topological polar surface area (TPSA) is 99.2 Å². The summed E-state index contributed by atoms with van der Waals surface area (Å²) in [5.74, 6) is 3.83. The van der Waals surface area contributed by atoms with Crippen molar-refractivity contribution in [3.8, 4) is 5.75 Å². The molecule has 1 saturated carbocycles. The number of nitrogens with one attached hydrogen (secondary N) is 1. The van der Waals surface area contributed by atoms with Crippen LogP contribution in [0.1, 0.15) is 73.9 Å². The maximum atomic E-state index is 13.9. The molecule has 2 heterocycles. The Kier molecular flexibility index (Phi) is 10.00. The smallest absolute Gasteiger partial charge is 0.262 e. The Bertz CT molecular complexity index is 1990. The summed E-state index contributed by atoms with van der Waals surface area (Å²) in [5.41, 5.74) is 2.69. The Morgan fingerprint density at radius 3 is 2.67 bits per heavy atom. The maximum Gasteiger partial charge on any atom is 0.262 e. The minimum atomic E-state index is -3.05. The number of anilines is 2. The molecule has 1 unspecified atom stereocenters. The predicted molar refractivity (Wildman–Crippen MR) is 211 cm³/mol. The van der Waals surface area contributed by atoms with Crippen molar-refractivity contribution in [3.05, 3.63) is 101 Å². The maximum absolute atomic E-state index is 13.9. The van der Waals surface area contributed by atoms with Gasteiger partial charge in [0.2, 0.25) is 5.91 Å². The molecule has 1 fully saturated rings. The summed E-state index contributed by atoms with van der Waals surface area (Å²) in [6, 6.07) is 21.1. The molecule has 2 N–H and O–H groups in total. The van der Waals surface area contributed by atoms with Gasteiger partial charge in [-0.25, -0.2) is 4.21 Å². The summed E-state index contributed by atoms with van der Waals surface area (Å²) in [6.45, 7) is 5.53. The average Bonchev–Trinajstić information content (AvgIpc) is 3.25. The van der Waals surface area contributed by atoms with E-state index >= 15 is 0 Å². The van der Waals surface area contributed by atoms with Crippen LogP contribution in [-0.4, -0.2) is 64.6 Å². The molecular weight excluding hydrogens is 694 g/mol. The van der Waals surface area contributed by atoms with Gasteiger partial charge >= 0.3 is 0 Å². The molecule has 2 aliphatic carbocycles. The molecule has 52 heavy (non-hydrogen) atoms. The van der Waals surface area contributed by atoms with Crippen LogP contribution in [0.15, 0.2) is 78.9 Å². The molecule has 7 rings (SSSR count). The lowest BCUT2D eigenvalue weighted by atomic mass is 9.63. The second-order valence-corrected chi connectivity index (χ2v) is 18.5. The highest BCUT2D eigenvalue weighted by Gasteiger charge is 2.49. The van der Waals surface area contributed by atoms with Gasteiger partial charge in [-0.05, 0) is 123 Å². The van der Waals surface area contributed by atoms with Crippen molar-refractivity contribution in [1.29, 1.82) is 0 Å². The highest BCUT2D eigenvalue weighted by molar-refractivity contribution is 7.99. The van der Waals surface area contributed by atoms with Crippen LogP contribution >= 0.6 is 11.6 Å². The Morgan fingerprint density at radius 1 is 1.13 bits per heavy atom. The molecule has 0 saturated heterocycles. The molecule has 4 aliphatic rings. The summed E-state index contributed by atoms with van der Waals surface area (Å²) < 4.78 is 23.4. The number of ether oxygens (including phenoxy) is 1. The fourth-order valence-electron chi connectivity index (χ4n) is 8.82. The Balaban J connectivity index is 1.30. The van der Waals surface area contributed by atoms with Crippen LogP contribution in [0.4, 0.5) is 11.4 Å². The first-order valence-corrected chi connectivity index (χ1v) is 20.7. The van der Waals surface area contributed by atoms with Gasteiger partial charge in [0.15, 0.2) is 0 Å². The van der Waals surface area contributed by atoms with E-state index in [0.29, 0.717) is 37.4 Å². The summed E-state index contributed by atoms with van der Waals surface area (Å²) in [5, 5.41) is 12.9. The quantitative estimate of drug-likeness (QED) is 0.222. The lowest BCUT2D eigenvalue weighted by Crippen LogP contribution is -2.53. The fraction of sp³-hybridized carbons (Fsp3) is 0.452. The normalized spacial score (nSPS) is 32.2. The zero-order valence-corrected chi connectivity index (χ0v) is 31.9. The van der Waals surface area contributed by atoms with E-state index in [2.05, 4.69) is 27.6 Å². The fourth-order valence-corrected chi connectivity index (χ4v) is 10.5. The number of rotatable bonds is 3. The molecule has 3 aromatic carbocycles. The van der Waals surface area contributed by atoms with Gasteiger partial charge < -0.3 is 19.6 Å². The van der Waals surface area contributed by atoms with Crippen LogP contribution in [0, 0.1) is 17.8 Å². The van der Waals surface area contributed by atoms with Crippen molar-refractivity contribution in [2.45, 2.75) is 75.1 Å². The Morgan fingerprint density at radius 2 is 1.92 bits per heavy atom. The minimum Gasteiger partial charge on any atom is -0.490 e. The Labute approximate surface area is 313 Å². The van der Waals surface area contributed by atoms with E-state index in [9.17, 15) is 18.9 Å². The summed E-state index contributed by atoms with van der Waals surface area (Å²) >= 11 is 6.47. The first-order valence-electron chi connectivity index (χ1n) is 18.5. The highest BCUT2D eigenvalue weighted by Crippen LogP contribution is 2.49. The number of halogens is 1. The molecule has 1 spiro atoms. The first-order chi connectivity index (χ1) is 24.8. The largest absolute Gasteiger partial charge is 0.490 e. The number of nitrogens with zero attached hydrogens (tertiary/aromatic N) is 2. The monoisotopic (exact) mass is 743 g/mol. The number of para-hydroxylation sites is 1. The van der Waals surface area contributed by atoms with Crippen molar-refractivity contribution in [2.24, 2.45) is 17.8 Å². The third kappa shape index (κ3) is 6.99. The molecule has 0 radical (unpaired) electrons. The van der Waals surface area contributed by atoms with Gasteiger partial charge in [0.25, 0.3) is 5.91 Å². The third-order valence-electron chi connectivity index (χ3n) is 12.3. The molecule has 2 amide bonds. The molecule has 7 atom stereocenters. The molecule has 0 aromatic heterocycles. The number of hydrogen-bond donors (Lipinski definition) is 2. The summed E-state index contributed by atoms with van der Waals surface area (Å²) in [7, 11) is -1.30. The number of benzene rings is 3. The number of fused-ring (bicyclic) bond motifs is 4. The molecule has 3 aromatic rings. The number of amides is 2. The van der Waals surface area contributed by atoms with E-state index in [-0.39, 0.29) is 35.5 Å². The minimum absolute atomic E-state index is 0.0654. The van der Waals surface area contributed by atoms with Gasteiger partial charge in [-0.2, -0.15) is 0 Å². The van der Waals surface area contributed by atoms with Gasteiger partial charge in [0.1, 0.15) is 5.75 Å². The SMILES string of the molecule is C=S1(=O)NC(=O)c2ccc3c(c2)N(C[C@@H]2CC[C@H]2[C@@](O)(CC(=O)N(C)c2ccccc2)/C=C/C[C@H](C)[C@H]1C)C[C@@]1(CCCc2cc(Cl)ccc21)CO3. The van der Waals surface area contributed by atoms with Crippen LogP contribution in [0.3, 0.4) is 0 Å². The van der Waals surface area contributed by atoms with Crippen LogP contribution in [0.2, 0.25) is 5.02 Å². The van der Waals surface area contributed by atoms with E-state index in [1.807, 2.05) is 74.5 Å². The van der Waals surface area contributed by atoms with Gasteiger partial charge in [-0.1, -0.05) is 54.9 Å². The molecule has 2 aliphatic heterocycles. The first kappa shape index (κ1) is 36.6. The number of allylic oxidation sites excluding steroid dienone is 1. The zero-order valence-electron chi connectivity index (χ0n) is 30.4. The number of carbonyl (C=O) groups excluding carboxylic acids is 2.